The van der Waals surface area contributed by atoms with E-state index in [2.05, 4.69) is 0 Å². The van der Waals surface area contributed by atoms with Crippen LogP contribution >= 0.6 is 11.6 Å². The van der Waals surface area contributed by atoms with Crippen LogP contribution in [0.15, 0.2) is 12.1 Å². The van der Waals surface area contributed by atoms with Crippen molar-refractivity contribution in [2.45, 2.75) is 0 Å². The molecule has 0 radical (unpaired) electrons. The first-order valence-electron chi connectivity index (χ1n) is 2.45. The highest BCUT2D eigenvalue weighted by Crippen LogP contribution is 2.26. The van der Waals surface area contributed by atoms with E-state index in [4.69, 9.17) is 16.7 Å². The summed E-state index contributed by atoms with van der Waals surface area (Å²) in [5, 5.41) is 8.34. The van der Waals surface area contributed by atoms with Crippen molar-refractivity contribution in [1.82, 2.24) is 0 Å². The Bertz CT molecular complexity index is 239. The molecule has 0 saturated heterocycles. The predicted octanol–water partition coefficient (Wildman–Crippen LogP) is 2.32. The topological polar surface area (TPSA) is 20.2 Å². The molecule has 0 fully saturated rings. The van der Waals surface area contributed by atoms with Crippen LogP contribution in [0, 0.1) is 11.6 Å². The molecule has 0 heterocycles. The van der Waals surface area contributed by atoms with Crippen molar-refractivity contribution < 1.29 is 13.9 Å². The van der Waals surface area contributed by atoms with Crippen LogP contribution in [0.3, 0.4) is 0 Å². The Kier molecular flexibility index (Phi) is 1.76. The summed E-state index contributed by atoms with van der Waals surface area (Å²) in [6.45, 7) is 0. The molecule has 10 heavy (non-hydrogen) atoms. The lowest BCUT2D eigenvalue weighted by Crippen LogP contribution is -1.80. The molecular weight excluding hydrogens is 162 g/mol. The monoisotopic (exact) mass is 164 g/mol. The van der Waals surface area contributed by atoms with Gasteiger partial charge in [0, 0.05) is 6.07 Å². The van der Waals surface area contributed by atoms with Gasteiger partial charge in [-0.25, -0.2) is 8.78 Å². The smallest absolute Gasteiger partial charge is 0.170 e. The molecule has 0 aliphatic rings. The second-order valence-electron chi connectivity index (χ2n) is 1.72. The molecule has 0 aliphatic carbocycles. The van der Waals surface area contributed by atoms with Gasteiger partial charge >= 0.3 is 0 Å². The van der Waals surface area contributed by atoms with Gasteiger partial charge in [-0.1, -0.05) is 11.6 Å². The van der Waals surface area contributed by atoms with E-state index in [0.29, 0.717) is 6.07 Å². The lowest BCUT2D eigenvalue weighted by atomic mass is 10.3. The van der Waals surface area contributed by atoms with Crippen LogP contribution in [0.2, 0.25) is 5.02 Å². The van der Waals surface area contributed by atoms with E-state index >= 15 is 0 Å². The Balaban J connectivity index is 3.31. The number of phenols is 1. The van der Waals surface area contributed by atoms with Gasteiger partial charge in [0.05, 0.1) is 5.02 Å². The van der Waals surface area contributed by atoms with Crippen molar-refractivity contribution in [3.8, 4) is 5.75 Å². The summed E-state index contributed by atoms with van der Waals surface area (Å²) >= 11 is 5.19. The van der Waals surface area contributed by atoms with E-state index in [9.17, 15) is 8.78 Å². The zero-order chi connectivity index (χ0) is 7.72. The first-order valence-corrected chi connectivity index (χ1v) is 2.82. The van der Waals surface area contributed by atoms with Crippen LogP contribution < -0.4 is 0 Å². The molecule has 1 N–H and O–H groups in total. The summed E-state index contributed by atoms with van der Waals surface area (Å²) in [5.74, 6) is -2.58. The molecule has 0 atom stereocenters. The molecule has 0 bridgehead atoms. The third kappa shape index (κ3) is 1.19. The van der Waals surface area contributed by atoms with Crippen LogP contribution in [0.4, 0.5) is 8.78 Å². The van der Waals surface area contributed by atoms with E-state index in [1.807, 2.05) is 0 Å². The van der Waals surface area contributed by atoms with Gasteiger partial charge in [0.25, 0.3) is 0 Å². The lowest BCUT2D eigenvalue weighted by Gasteiger charge is -1.96. The highest BCUT2D eigenvalue weighted by Gasteiger charge is 2.06. The van der Waals surface area contributed by atoms with Gasteiger partial charge in [-0.3, -0.25) is 0 Å². The second kappa shape index (κ2) is 2.42. The number of phenolic OH excluding ortho intramolecular Hbond substituents is 1. The number of benzene rings is 1. The normalized spacial score (nSPS) is 9.90. The van der Waals surface area contributed by atoms with Crippen molar-refractivity contribution in [3.63, 3.8) is 0 Å². The largest absolute Gasteiger partial charge is 0.504 e. The van der Waals surface area contributed by atoms with Gasteiger partial charge in [-0.05, 0) is 6.07 Å². The lowest BCUT2D eigenvalue weighted by molar-refractivity contribution is 0.428. The molecule has 1 aromatic carbocycles. The first kappa shape index (κ1) is 7.28. The molecule has 1 aromatic rings. The zero-order valence-corrected chi connectivity index (χ0v) is 5.49. The number of rotatable bonds is 0. The van der Waals surface area contributed by atoms with Crippen LogP contribution in [-0.2, 0) is 0 Å². The van der Waals surface area contributed by atoms with Crippen molar-refractivity contribution >= 4 is 11.6 Å². The summed E-state index contributed by atoms with van der Waals surface area (Å²) in [4.78, 5) is 0. The van der Waals surface area contributed by atoms with Crippen LogP contribution in [0.5, 0.6) is 5.75 Å². The fraction of sp³-hybridized carbons (Fsp3) is 0. The SMILES string of the molecule is Oc1c(F)cc(F)cc1Cl. The molecule has 54 valence electrons. The van der Waals surface area contributed by atoms with Gasteiger partial charge < -0.3 is 5.11 Å². The number of hydrogen-bond donors (Lipinski definition) is 1. The molecule has 1 rings (SSSR count). The average molecular weight is 165 g/mol. The number of halogens is 3. The maximum Gasteiger partial charge on any atom is 0.170 e. The minimum absolute atomic E-state index is 0.322. The molecule has 4 heteroatoms. The molecule has 0 spiro atoms. The fourth-order valence-corrected chi connectivity index (χ4v) is 0.729. The average Bonchev–Trinajstić information content (AvgIpc) is 1.82. The second-order valence-corrected chi connectivity index (χ2v) is 2.13. The maximum absolute atomic E-state index is 12.3. The summed E-state index contributed by atoms with van der Waals surface area (Å²) in [5.41, 5.74) is 0. The summed E-state index contributed by atoms with van der Waals surface area (Å²) in [7, 11) is 0. The van der Waals surface area contributed by atoms with E-state index in [1.165, 1.54) is 0 Å². The molecule has 0 aliphatic heterocycles. The molecular formula is C6H3ClF2O. The van der Waals surface area contributed by atoms with Crippen LogP contribution in [0.1, 0.15) is 0 Å². The van der Waals surface area contributed by atoms with Gasteiger partial charge in [-0.2, -0.15) is 0 Å². The molecule has 0 unspecified atom stereocenters. The van der Waals surface area contributed by atoms with E-state index < -0.39 is 17.4 Å². The zero-order valence-electron chi connectivity index (χ0n) is 4.74. The highest BCUT2D eigenvalue weighted by atomic mass is 35.5. The van der Waals surface area contributed by atoms with Gasteiger partial charge in [0.1, 0.15) is 5.82 Å². The van der Waals surface area contributed by atoms with Crippen molar-refractivity contribution in [1.29, 1.82) is 0 Å². The van der Waals surface area contributed by atoms with Gasteiger partial charge in [0.2, 0.25) is 0 Å². The third-order valence-electron chi connectivity index (χ3n) is 0.982. The van der Waals surface area contributed by atoms with Crippen molar-refractivity contribution in [2.24, 2.45) is 0 Å². The van der Waals surface area contributed by atoms with Gasteiger partial charge in [0.15, 0.2) is 11.6 Å². The van der Waals surface area contributed by atoms with Crippen LogP contribution in [0.25, 0.3) is 0 Å². The van der Waals surface area contributed by atoms with Crippen LogP contribution in [-0.4, -0.2) is 5.11 Å². The summed E-state index contributed by atoms with van der Waals surface area (Å²) in [6.07, 6.45) is 0. The van der Waals surface area contributed by atoms with Gasteiger partial charge in [-0.15, -0.1) is 0 Å². The van der Waals surface area contributed by atoms with E-state index in [0.717, 1.165) is 6.07 Å². The standard InChI is InChI=1S/C6H3ClF2O/c7-4-1-3(8)2-5(9)6(4)10/h1-2,10H. The summed E-state index contributed by atoms with van der Waals surface area (Å²) in [6, 6.07) is 1.39. The van der Waals surface area contributed by atoms with Crippen molar-refractivity contribution in [3.05, 3.63) is 28.8 Å². The Morgan fingerprint density at radius 1 is 1.30 bits per heavy atom. The quantitative estimate of drug-likeness (QED) is 0.624. The Morgan fingerprint density at radius 2 is 1.90 bits per heavy atom. The Hall–Kier alpha value is -0.830. The maximum atomic E-state index is 12.3. The third-order valence-corrected chi connectivity index (χ3v) is 1.27. The Labute approximate surface area is 60.9 Å². The Morgan fingerprint density at radius 3 is 2.40 bits per heavy atom. The first-order chi connectivity index (χ1) is 4.61. The van der Waals surface area contributed by atoms with E-state index in [1.54, 1.807) is 0 Å². The minimum Gasteiger partial charge on any atom is -0.504 e. The number of aromatic hydroxyl groups is 1. The minimum atomic E-state index is -1.05. The highest BCUT2D eigenvalue weighted by molar-refractivity contribution is 6.32. The molecule has 0 amide bonds. The fourth-order valence-electron chi connectivity index (χ4n) is 0.535. The summed E-state index contributed by atoms with van der Waals surface area (Å²) < 4.78 is 24.4. The molecule has 1 nitrogen and oxygen atoms in total. The van der Waals surface area contributed by atoms with Crippen molar-refractivity contribution in [2.75, 3.05) is 0 Å². The predicted molar refractivity (Wildman–Crippen MR) is 33.0 cm³/mol. The molecule has 0 aromatic heterocycles. The molecule has 0 saturated carbocycles. The number of hydrogen-bond acceptors (Lipinski definition) is 1. The van der Waals surface area contributed by atoms with E-state index in [-0.39, 0.29) is 5.02 Å².